The van der Waals surface area contributed by atoms with Crippen molar-refractivity contribution in [1.82, 2.24) is 0 Å². The van der Waals surface area contributed by atoms with E-state index in [-0.39, 0.29) is 16.8 Å². The summed E-state index contributed by atoms with van der Waals surface area (Å²) in [5.74, 6) is 0.632. The van der Waals surface area contributed by atoms with Crippen LogP contribution in [-0.2, 0) is 9.47 Å². The van der Waals surface area contributed by atoms with Gasteiger partial charge in [-0.1, -0.05) is 33.1 Å². The highest BCUT2D eigenvalue weighted by Gasteiger charge is 2.61. The summed E-state index contributed by atoms with van der Waals surface area (Å²) in [5, 5.41) is 0. The molecule has 1 atom stereocenters. The lowest BCUT2D eigenvalue weighted by Gasteiger charge is -2.30. The smallest absolute Gasteiger partial charge is 0.0969 e. The van der Waals surface area contributed by atoms with Crippen molar-refractivity contribution >= 4 is 0 Å². The second-order valence-corrected chi connectivity index (χ2v) is 8.36. The maximum Gasteiger partial charge on any atom is 0.0969 e. The van der Waals surface area contributed by atoms with Crippen molar-refractivity contribution in [3.63, 3.8) is 0 Å². The minimum atomic E-state index is 0.0575. The van der Waals surface area contributed by atoms with Gasteiger partial charge in [-0.25, -0.2) is 0 Å². The Morgan fingerprint density at radius 3 is 1.70 bits per heavy atom. The van der Waals surface area contributed by atoms with Gasteiger partial charge in [0.25, 0.3) is 0 Å². The van der Waals surface area contributed by atoms with E-state index in [9.17, 15) is 0 Å². The average molecular weight is 284 g/mol. The third-order valence-corrected chi connectivity index (χ3v) is 4.80. The lowest BCUT2D eigenvalue weighted by atomic mass is 9.87. The summed E-state index contributed by atoms with van der Waals surface area (Å²) in [6.45, 7) is 17.3. The molecule has 1 aliphatic heterocycles. The topological polar surface area (TPSA) is 21.8 Å². The van der Waals surface area contributed by atoms with Crippen LogP contribution in [0.4, 0.5) is 0 Å². The zero-order chi connectivity index (χ0) is 15.6. The van der Waals surface area contributed by atoms with Crippen LogP contribution in [0.5, 0.6) is 0 Å². The largest absolute Gasteiger partial charge is 0.373 e. The van der Waals surface area contributed by atoms with E-state index in [1.54, 1.807) is 0 Å². The van der Waals surface area contributed by atoms with E-state index < -0.39 is 0 Å². The lowest BCUT2D eigenvalue weighted by Crippen LogP contribution is -2.28. The van der Waals surface area contributed by atoms with Crippen LogP contribution in [0.15, 0.2) is 0 Å². The Balaban J connectivity index is 0.000000204. The molecule has 120 valence electrons. The highest BCUT2D eigenvalue weighted by molar-refractivity contribution is 5.09. The Hall–Kier alpha value is -0.0800. The number of hydrogen-bond donors (Lipinski definition) is 0. The molecule has 0 N–H and O–H groups in total. The van der Waals surface area contributed by atoms with Gasteiger partial charge in [0.1, 0.15) is 0 Å². The predicted molar refractivity (Wildman–Crippen MR) is 86.1 cm³/mol. The zero-order valence-electron chi connectivity index (χ0n) is 15.0. The summed E-state index contributed by atoms with van der Waals surface area (Å²) in [4.78, 5) is 0. The van der Waals surface area contributed by atoms with E-state index in [2.05, 4.69) is 55.4 Å². The summed E-state index contributed by atoms with van der Waals surface area (Å²) in [6, 6.07) is 0. The standard InChI is InChI=1S/C10H20O.C8H16O/c1-10(2,3)11-9-7-5-4-6-8-9;1-6(2)8(5)7(3,4)9-8/h9H,4-8H2,1-3H3;6H,1-5H3. The molecule has 0 spiro atoms. The van der Waals surface area contributed by atoms with Crippen molar-refractivity contribution in [2.24, 2.45) is 5.92 Å². The van der Waals surface area contributed by atoms with Crippen molar-refractivity contribution in [3.8, 4) is 0 Å². The van der Waals surface area contributed by atoms with Gasteiger partial charge < -0.3 is 9.47 Å². The van der Waals surface area contributed by atoms with Crippen LogP contribution in [0.3, 0.4) is 0 Å². The van der Waals surface area contributed by atoms with E-state index in [1.807, 2.05) is 0 Å². The van der Waals surface area contributed by atoms with Crippen molar-refractivity contribution in [1.29, 1.82) is 0 Å². The number of ether oxygens (including phenoxy) is 2. The van der Waals surface area contributed by atoms with Gasteiger partial charge in [0.2, 0.25) is 0 Å². The molecule has 0 bridgehead atoms. The molecule has 0 aromatic carbocycles. The molecule has 1 saturated carbocycles. The number of epoxide rings is 1. The normalized spacial score (nSPS) is 29.9. The second-order valence-electron chi connectivity index (χ2n) is 8.36. The fourth-order valence-corrected chi connectivity index (χ4v) is 3.00. The van der Waals surface area contributed by atoms with Gasteiger partial charge in [0, 0.05) is 0 Å². The van der Waals surface area contributed by atoms with Crippen molar-refractivity contribution in [2.75, 3.05) is 0 Å². The molecule has 1 heterocycles. The van der Waals surface area contributed by atoms with Gasteiger partial charge in [-0.15, -0.1) is 0 Å². The summed E-state index contributed by atoms with van der Waals surface area (Å²) in [6.07, 6.45) is 7.23. The summed E-state index contributed by atoms with van der Waals surface area (Å²) in [5.41, 5.74) is 0.330. The first-order chi connectivity index (χ1) is 8.98. The SMILES string of the molecule is CC(C)(C)OC1CCCCC1.CC(C)C1(C)OC1(C)C. The van der Waals surface area contributed by atoms with Gasteiger partial charge >= 0.3 is 0 Å². The molecule has 20 heavy (non-hydrogen) atoms. The van der Waals surface area contributed by atoms with Gasteiger partial charge in [-0.3, -0.25) is 0 Å². The fraction of sp³-hybridized carbons (Fsp3) is 1.00. The molecule has 2 aliphatic rings. The molecule has 2 heteroatoms. The monoisotopic (exact) mass is 284 g/mol. The van der Waals surface area contributed by atoms with Crippen molar-refractivity contribution in [3.05, 3.63) is 0 Å². The molecule has 0 radical (unpaired) electrons. The Morgan fingerprint density at radius 1 is 1.00 bits per heavy atom. The van der Waals surface area contributed by atoms with Crippen molar-refractivity contribution < 1.29 is 9.47 Å². The van der Waals surface area contributed by atoms with Gasteiger partial charge in [-0.05, 0) is 60.3 Å². The average Bonchev–Trinajstić information content (AvgIpc) is 2.79. The molecule has 0 amide bonds. The zero-order valence-corrected chi connectivity index (χ0v) is 15.0. The maximum atomic E-state index is 5.88. The van der Waals surface area contributed by atoms with Crippen LogP contribution in [0.2, 0.25) is 0 Å². The molecule has 2 fully saturated rings. The third-order valence-electron chi connectivity index (χ3n) is 4.80. The Morgan fingerprint density at radius 2 is 1.45 bits per heavy atom. The minimum Gasteiger partial charge on any atom is -0.373 e. The Kier molecular flexibility index (Phi) is 5.71. The van der Waals surface area contributed by atoms with Gasteiger partial charge in [0.15, 0.2) is 0 Å². The molecule has 1 saturated heterocycles. The summed E-state index contributed by atoms with van der Waals surface area (Å²) in [7, 11) is 0. The van der Waals surface area contributed by atoms with Crippen LogP contribution in [0, 0.1) is 5.92 Å². The first kappa shape index (κ1) is 18.0. The number of rotatable bonds is 2. The maximum absolute atomic E-state index is 5.88. The Bertz CT molecular complexity index is 295. The molecule has 2 nitrogen and oxygen atoms in total. The molecule has 2 rings (SSSR count). The first-order valence-corrected chi connectivity index (χ1v) is 8.36. The van der Waals surface area contributed by atoms with Gasteiger partial charge in [-0.2, -0.15) is 0 Å². The quantitative estimate of drug-likeness (QED) is 0.638. The minimum absolute atomic E-state index is 0.0575. The van der Waals surface area contributed by atoms with E-state index in [0.29, 0.717) is 12.0 Å². The van der Waals surface area contributed by atoms with Crippen LogP contribution in [0.1, 0.15) is 87.5 Å². The third kappa shape index (κ3) is 5.04. The summed E-state index contributed by atoms with van der Waals surface area (Å²) < 4.78 is 11.4. The molecule has 0 aromatic rings. The van der Waals surface area contributed by atoms with Crippen LogP contribution < -0.4 is 0 Å². The lowest BCUT2D eigenvalue weighted by molar-refractivity contribution is -0.0732. The molecular formula is C18H36O2. The second kappa shape index (κ2) is 6.36. The first-order valence-electron chi connectivity index (χ1n) is 8.36. The van der Waals surface area contributed by atoms with Crippen LogP contribution >= 0.6 is 0 Å². The fourth-order valence-electron chi connectivity index (χ4n) is 3.00. The van der Waals surface area contributed by atoms with Gasteiger partial charge in [0.05, 0.1) is 22.9 Å². The van der Waals surface area contributed by atoms with Crippen LogP contribution in [0.25, 0.3) is 0 Å². The number of hydrogen-bond acceptors (Lipinski definition) is 2. The summed E-state index contributed by atoms with van der Waals surface area (Å²) >= 11 is 0. The van der Waals surface area contributed by atoms with Crippen LogP contribution in [-0.4, -0.2) is 22.9 Å². The molecule has 1 aliphatic carbocycles. The van der Waals surface area contributed by atoms with E-state index in [4.69, 9.17) is 9.47 Å². The highest BCUT2D eigenvalue weighted by Crippen LogP contribution is 2.51. The molecule has 0 aromatic heterocycles. The Labute approximate surface area is 126 Å². The van der Waals surface area contributed by atoms with E-state index >= 15 is 0 Å². The van der Waals surface area contributed by atoms with E-state index in [1.165, 1.54) is 32.1 Å². The predicted octanol–water partition coefficient (Wildman–Crippen LogP) is 5.34. The molecule has 1 unspecified atom stereocenters. The molecular weight excluding hydrogens is 248 g/mol. The van der Waals surface area contributed by atoms with Crippen molar-refractivity contribution in [2.45, 2.75) is 110 Å². The van der Waals surface area contributed by atoms with E-state index in [0.717, 1.165) is 0 Å². The highest BCUT2D eigenvalue weighted by atomic mass is 16.6.